The number of hydrogen-bond donors (Lipinski definition) is 2. The van der Waals surface area contributed by atoms with Crippen molar-refractivity contribution in [1.29, 1.82) is 0 Å². The normalized spacial score (nSPS) is 19.0. The van der Waals surface area contributed by atoms with Crippen molar-refractivity contribution in [1.82, 2.24) is 10.8 Å². The molecule has 3 amide bonds. The summed E-state index contributed by atoms with van der Waals surface area (Å²) in [5.41, 5.74) is 3.21. The summed E-state index contributed by atoms with van der Waals surface area (Å²) in [4.78, 5) is 60.8. The van der Waals surface area contributed by atoms with Crippen LogP contribution < -0.4 is 10.8 Å². The lowest BCUT2D eigenvalue weighted by Gasteiger charge is -2.42. The van der Waals surface area contributed by atoms with Gasteiger partial charge >= 0.3 is 18.0 Å². The molecule has 3 rings (SSSR count). The Labute approximate surface area is 261 Å². The zero-order valence-corrected chi connectivity index (χ0v) is 26.5. The number of piperazine rings is 1. The molecule has 2 aromatic rings. The fourth-order valence-corrected chi connectivity index (χ4v) is 5.31. The average Bonchev–Trinajstić information content (AvgIpc) is 3.01. The van der Waals surface area contributed by atoms with Gasteiger partial charge in [-0.05, 0) is 38.3 Å². The van der Waals surface area contributed by atoms with Crippen molar-refractivity contribution < 1.29 is 38.0 Å². The van der Waals surface area contributed by atoms with E-state index in [1.165, 1.54) is 0 Å². The van der Waals surface area contributed by atoms with E-state index in [2.05, 4.69) is 17.7 Å². The van der Waals surface area contributed by atoms with Gasteiger partial charge in [-0.1, -0.05) is 93.3 Å². The van der Waals surface area contributed by atoms with Crippen molar-refractivity contribution in [3.63, 3.8) is 0 Å². The predicted octanol–water partition coefficient (Wildman–Crippen LogP) is 5.20. The number of nitrogens with one attached hydrogen (secondary N) is 2. The molecule has 1 unspecified atom stereocenters. The number of unbranched alkanes of at least 4 members (excludes halogenated alkanes) is 3. The van der Waals surface area contributed by atoms with Gasteiger partial charge in [0, 0.05) is 13.0 Å². The topological polar surface area (TPSA) is 120 Å². The largest absolute Gasteiger partial charge is 0.524 e. The smallest absolute Gasteiger partial charge is 0.456 e. The number of carbonyl (C=O) groups excluding carboxylic acids is 4. The standard InChI is InChI=1S/C34H47N3O7/c1-5-6-7-14-19-28(22-30(38)36-43-25-27-17-12-9-13-18-27)31(39)37(33(41)44-34(2,3)4)21-20-35-23-29(37)32(40)42-24-26-15-10-8-11-16-26/h8-13,15-18,28-29,35H,5-7,14,19-25H2,1-4H3/p+1/t28-,29?,37-/m1/s1. The number of hydroxylamine groups is 1. The molecule has 0 saturated carbocycles. The van der Waals surface area contributed by atoms with Crippen LogP contribution in [0.3, 0.4) is 0 Å². The lowest BCUT2D eigenvalue weighted by molar-refractivity contribution is -0.806. The third kappa shape index (κ3) is 10.2. The molecule has 10 heteroatoms. The first-order chi connectivity index (χ1) is 21.1. The highest BCUT2D eigenvalue weighted by molar-refractivity contribution is 5.90. The van der Waals surface area contributed by atoms with Crippen LogP contribution in [0.4, 0.5) is 4.79 Å². The molecular weight excluding hydrogens is 562 g/mol. The summed E-state index contributed by atoms with van der Waals surface area (Å²) in [6.45, 7) is 7.77. The molecule has 0 spiro atoms. The highest BCUT2D eigenvalue weighted by Crippen LogP contribution is 2.30. The van der Waals surface area contributed by atoms with Crippen LogP contribution >= 0.6 is 0 Å². The lowest BCUT2D eigenvalue weighted by atomic mass is 9.92. The summed E-state index contributed by atoms with van der Waals surface area (Å²) < 4.78 is 10.6. The van der Waals surface area contributed by atoms with Crippen LogP contribution in [0.2, 0.25) is 0 Å². The predicted molar refractivity (Wildman–Crippen MR) is 166 cm³/mol. The fraction of sp³-hybridized carbons (Fsp3) is 0.529. The monoisotopic (exact) mass is 610 g/mol. The highest BCUT2D eigenvalue weighted by Gasteiger charge is 2.60. The zero-order chi connectivity index (χ0) is 32.0. The molecule has 0 aliphatic carbocycles. The Morgan fingerprint density at radius 1 is 0.932 bits per heavy atom. The van der Waals surface area contributed by atoms with E-state index in [1.807, 2.05) is 60.7 Å². The Morgan fingerprint density at radius 3 is 2.18 bits per heavy atom. The SMILES string of the molecule is CCCCCC[C@H](CC(=O)NOCc1ccccc1)C(=O)[N@@+]1(C(=O)OC(C)(C)C)CCNCC1C(=O)OCc1ccccc1. The van der Waals surface area contributed by atoms with E-state index in [4.69, 9.17) is 14.3 Å². The molecule has 0 aromatic heterocycles. The number of quaternary nitrogens is 1. The maximum atomic E-state index is 14.6. The fourth-order valence-electron chi connectivity index (χ4n) is 5.31. The van der Waals surface area contributed by atoms with Crippen molar-refractivity contribution in [2.75, 3.05) is 19.6 Å². The Balaban J connectivity index is 1.87. The number of rotatable bonds is 14. The van der Waals surface area contributed by atoms with Crippen molar-refractivity contribution in [3.8, 4) is 0 Å². The number of benzene rings is 2. The van der Waals surface area contributed by atoms with Gasteiger partial charge in [-0.2, -0.15) is 4.79 Å². The molecule has 0 bridgehead atoms. The molecule has 10 nitrogen and oxygen atoms in total. The zero-order valence-electron chi connectivity index (χ0n) is 26.5. The summed E-state index contributed by atoms with van der Waals surface area (Å²) in [5.74, 6) is -2.52. The molecule has 1 aliphatic heterocycles. The molecule has 1 fully saturated rings. The van der Waals surface area contributed by atoms with Gasteiger partial charge in [-0.25, -0.2) is 15.1 Å². The maximum Gasteiger partial charge on any atom is 0.524 e. The molecule has 1 saturated heterocycles. The molecular formula is C34H48N3O7+. The van der Waals surface area contributed by atoms with E-state index in [9.17, 15) is 19.2 Å². The van der Waals surface area contributed by atoms with E-state index in [0.29, 0.717) is 19.4 Å². The van der Waals surface area contributed by atoms with Gasteiger partial charge in [0.25, 0.3) is 0 Å². The van der Waals surface area contributed by atoms with E-state index in [-0.39, 0.29) is 32.7 Å². The number of carbonyl (C=O) groups is 4. The van der Waals surface area contributed by atoms with E-state index >= 15 is 0 Å². The number of nitrogens with zero attached hydrogens (tertiary/aromatic N) is 1. The highest BCUT2D eigenvalue weighted by atomic mass is 16.6. The van der Waals surface area contributed by atoms with Crippen molar-refractivity contribution in [2.45, 2.75) is 91.1 Å². The first-order valence-electron chi connectivity index (χ1n) is 15.6. The molecule has 2 N–H and O–H groups in total. The first-order valence-corrected chi connectivity index (χ1v) is 15.6. The second-order valence-electron chi connectivity index (χ2n) is 12.3. The van der Waals surface area contributed by atoms with Crippen LogP contribution in [-0.4, -0.2) is 59.6 Å². The number of hydrogen-bond acceptors (Lipinski definition) is 8. The van der Waals surface area contributed by atoms with Gasteiger partial charge in [-0.3, -0.25) is 9.63 Å². The maximum absolute atomic E-state index is 14.6. The minimum Gasteiger partial charge on any atom is -0.456 e. The van der Waals surface area contributed by atoms with Crippen LogP contribution in [-0.2, 0) is 41.9 Å². The van der Waals surface area contributed by atoms with Crippen LogP contribution in [0, 0.1) is 5.92 Å². The Bertz CT molecular complexity index is 1220. The molecule has 2 aromatic carbocycles. The molecule has 3 atom stereocenters. The van der Waals surface area contributed by atoms with Crippen molar-refractivity contribution >= 4 is 23.9 Å². The van der Waals surface area contributed by atoms with Gasteiger partial charge in [0.05, 0.1) is 19.1 Å². The van der Waals surface area contributed by atoms with Gasteiger partial charge in [0.1, 0.15) is 18.8 Å². The third-order valence-electron chi connectivity index (χ3n) is 7.57. The Kier molecular flexibility index (Phi) is 13.5. The van der Waals surface area contributed by atoms with Gasteiger partial charge in [0.2, 0.25) is 11.9 Å². The molecule has 240 valence electrons. The van der Waals surface area contributed by atoms with Crippen LogP contribution in [0.5, 0.6) is 0 Å². The Hall–Kier alpha value is -3.60. The first kappa shape index (κ1) is 34.9. The molecule has 1 heterocycles. The van der Waals surface area contributed by atoms with E-state index in [0.717, 1.165) is 30.4 Å². The molecule has 1 aliphatic rings. The van der Waals surface area contributed by atoms with Crippen LogP contribution in [0.15, 0.2) is 60.7 Å². The lowest BCUT2D eigenvalue weighted by Crippen LogP contribution is -2.74. The summed E-state index contributed by atoms with van der Waals surface area (Å²) in [6, 6.07) is 17.4. The van der Waals surface area contributed by atoms with Crippen molar-refractivity contribution in [2.24, 2.45) is 5.92 Å². The minimum atomic E-state index is -1.18. The quantitative estimate of drug-likeness (QED) is 0.130. The minimum absolute atomic E-state index is 0.000285. The van der Waals surface area contributed by atoms with E-state index < -0.39 is 45.9 Å². The summed E-state index contributed by atoms with van der Waals surface area (Å²) in [6.07, 6.45) is 2.93. The second kappa shape index (κ2) is 17.0. The van der Waals surface area contributed by atoms with Crippen molar-refractivity contribution in [3.05, 3.63) is 71.8 Å². The summed E-state index contributed by atoms with van der Waals surface area (Å²) >= 11 is 0. The number of imide groups is 1. The van der Waals surface area contributed by atoms with E-state index in [1.54, 1.807) is 20.8 Å². The summed E-state index contributed by atoms with van der Waals surface area (Å²) in [7, 11) is 0. The number of esters is 1. The van der Waals surface area contributed by atoms with Crippen LogP contribution in [0.25, 0.3) is 0 Å². The second-order valence-corrected chi connectivity index (χ2v) is 12.3. The third-order valence-corrected chi connectivity index (χ3v) is 7.57. The van der Waals surface area contributed by atoms with Crippen LogP contribution in [0.1, 0.15) is 77.3 Å². The average molecular weight is 611 g/mol. The van der Waals surface area contributed by atoms with Gasteiger partial charge in [-0.15, -0.1) is 4.48 Å². The number of amides is 3. The molecule has 44 heavy (non-hydrogen) atoms. The Morgan fingerprint density at radius 2 is 1.57 bits per heavy atom. The van der Waals surface area contributed by atoms with Gasteiger partial charge < -0.3 is 14.8 Å². The van der Waals surface area contributed by atoms with Gasteiger partial charge in [0.15, 0.2) is 0 Å². The number of ether oxygens (including phenoxy) is 2. The summed E-state index contributed by atoms with van der Waals surface area (Å²) in [5, 5.41) is 3.15. The molecule has 0 radical (unpaired) electrons.